The first kappa shape index (κ1) is 14.8. The van der Waals surface area contributed by atoms with Crippen molar-refractivity contribution in [2.24, 2.45) is 11.8 Å². The Labute approximate surface area is 118 Å². The van der Waals surface area contributed by atoms with Crippen LogP contribution in [0.5, 0.6) is 0 Å². The van der Waals surface area contributed by atoms with E-state index in [1.54, 1.807) is 0 Å². The Balaban J connectivity index is 2.09. The van der Waals surface area contributed by atoms with Crippen LogP contribution in [-0.2, 0) is 0 Å². The monoisotopic (exact) mass is 263 g/mol. The van der Waals surface area contributed by atoms with Crippen LogP contribution in [0.3, 0.4) is 0 Å². The third kappa shape index (κ3) is 3.30. The molecule has 3 atom stereocenters. The van der Waals surface area contributed by atoms with E-state index in [1.165, 1.54) is 25.7 Å². The summed E-state index contributed by atoms with van der Waals surface area (Å²) < 4.78 is 0. The maximum Gasteiger partial charge on any atom is 0.122 e. The zero-order valence-corrected chi connectivity index (χ0v) is 12.9. The largest absolute Gasteiger partial charge is 0.297 e. The maximum absolute atomic E-state index is 9.78. The van der Waals surface area contributed by atoms with E-state index in [9.17, 15) is 5.26 Å². The number of piperidine rings is 1. The van der Waals surface area contributed by atoms with E-state index >= 15 is 0 Å². The Morgan fingerprint density at radius 2 is 2.00 bits per heavy atom. The summed E-state index contributed by atoms with van der Waals surface area (Å²) >= 11 is 0. The van der Waals surface area contributed by atoms with Crippen LogP contribution in [-0.4, -0.2) is 35.6 Å². The summed E-state index contributed by atoms with van der Waals surface area (Å²) in [6, 6.07) is 3.62. The van der Waals surface area contributed by atoms with Gasteiger partial charge in [-0.2, -0.15) is 5.26 Å². The molecule has 2 aliphatic rings. The molecule has 3 nitrogen and oxygen atoms in total. The molecule has 108 valence electrons. The van der Waals surface area contributed by atoms with E-state index in [1.807, 2.05) is 0 Å². The highest BCUT2D eigenvalue weighted by molar-refractivity contribution is 5.17. The predicted molar refractivity (Wildman–Crippen MR) is 78.8 cm³/mol. The molecule has 0 radical (unpaired) electrons. The van der Waals surface area contributed by atoms with Crippen molar-refractivity contribution in [2.75, 3.05) is 13.1 Å². The normalized spacial score (nSPS) is 32.0. The molecule has 0 bridgehead atoms. The van der Waals surface area contributed by atoms with Gasteiger partial charge in [-0.05, 0) is 64.8 Å². The summed E-state index contributed by atoms with van der Waals surface area (Å²) in [7, 11) is 0. The van der Waals surface area contributed by atoms with Crippen LogP contribution in [0, 0.1) is 23.2 Å². The first-order valence-corrected chi connectivity index (χ1v) is 7.91. The molecule has 0 aromatic carbocycles. The second-order valence-electron chi connectivity index (χ2n) is 6.99. The standard InChI is InChI=1S/C16H29N3/c1-12(2)18-16(10-17,15-7-8-15)11-19-9-5-6-13(3)14(19)4/h12-15,18H,5-9,11H2,1-4H3. The molecule has 0 aromatic rings. The van der Waals surface area contributed by atoms with Crippen molar-refractivity contribution in [1.82, 2.24) is 10.2 Å². The molecule has 0 aromatic heterocycles. The number of hydrogen-bond donors (Lipinski definition) is 1. The third-order valence-electron chi connectivity index (χ3n) is 4.98. The summed E-state index contributed by atoms with van der Waals surface area (Å²) in [5, 5.41) is 13.4. The zero-order chi connectivity index (χ0) is 14.0. The Morgan fingerprint density at radius 3 is 2.53 bits per heavy atom. The predicted octanol–water partition coefficient (Wildman–Crippen LogP) is 2.78. The second kappa shape index (κ2) is 5.81. The summed E-state index contributed by atoms with van der Waals surface area (Å²) in [5.41, 5.74) is -0.320. The topological polar surface area (TPSA) is 39.1 Å². The number of nitrogens with one attached hydrogen (secondary N) is 1. The number of likely N-dealkylation sites (tertiary alicyclic amines) is 1. The van der Waals surface area contributed by atoms with Gasteiger partial charge in [0.25, 0.3) is 0 Å². The summed E-state index contributed by atoms with van der Waals surface area (Å²) in [4.78, 5) is 2.55. The fraction of sp³-hybridized carbons (Fsp3) is 0.938. The average Bonchev–Trinajstić information content (AvgIpc) is 3.18. The van der Waals surface area contributed by atoms with Crippen molar-refractivity contribution in [3.05, 3.63) is 0 Å². The Kier molecular flexibility index (Phi) is 4.53. The van der Waals surface area contributed by atoms with E-state index in [2.05, 4.69) is 44.0 Å². The molecule has 19 heavy (non-hydrogen) atoms. The van der Waals surface area contributed by atoms with Gasteiger partial charge in [-0.25, -0.2) is 0 Å². The molecular formula is C16H29N3. The molecule has 1 saturated carbocycles. The van der Waals surface area contributed by atoms with Crippen molar-refractivity contribution < 1.29 is 0 Å². The quantitative estimate of drug-likeness (QED) is 0.829. The van der Waals surface area contributed by atoms with E-state index in [0.717, 1.165) is 19.0 Å². The van der Waals surface area contributed by atoms with Gasteiger partial charge in [0.05, 0.1) is 6.07 Å². The molecule has 0 amide bonds. The fourth-order valence-corrected chi connectivity index (χ4v) is 3.51. The SMILES string of the molecule is CC(C)NC(C#N)(CN1CCCC(C)C1C)C1CC1. The van der Waals surface area contributed by atoms with Crippen molar-refractivity contribution in [1.29, 1.82) is 5.26 Å². The Bertz CT molecular complexity index is 342. The highest BCUT2D eigenvalue weighted by Crippen LogP contribution is 2.41. The van der Waals surface area contributed by atoms with Gasteiger partial charge in [0.1, 0.15) is 5.54 Å². The van der Waals surface area contributed by atoms with Gasteiger partial charge in [0.2, 0.25) is 0 Å². The van der Waals surface area contributed by atoms with Crippen LogP contribution < -0.4 is 5.32 Å². The van der Waals surface area contributed by atoms with E-state index in [-0.39, 0.29) is 5.54 Å². The average molecular weight is 263 g/mol. The van der Waals surface area contributed by atoms with Gasteiger partial charge in [0.15, 0.2) is 0 Å². The van der Waals surface area contributed by atoms with E-state index < -0.39 is 0 Å². The molecule has 3 heteroatoms. The van der Waals surface area contributed by atoms with Gasteiger partial charge in [-0.3, -0.25) is 10.2 Å². The van der Waals surface area contributed by atoms with Gasteiger partial charge < -0.3 is 0 Å². The first-order chi connectivity index (χ1) is 8.98. The first-order valence-electron chi connectivity index (χ1n) is 7.91. The molecule has 3 unspecified atom stereocenters. The zero-order valence-electron chi connectivity index (χ0n) is 12.9. The molecule has 1 N–H and O–H groups in total. The summed E-state index contributed by atoms with van der Waals surface area (Å²) in [6.45, 7) is 11.0. The minimum Gasteiger partial charge on any atom is -0.297 e. The molecule has 2 fully saturated rings. The van der Waals surface area contributed by atoms with Gasteiger partial charge >= 0.3 is 0 Å². The molecule has 1 aliphatic carbocycles. The van der Waals surface area contributed by atoms with Crippen LogP contribution in [0.4, 0.5) is 0 Å². The number of hydrogen-bond acceptors (Lipinski definition) is 3. The van der Waals surface area contributed by atoms with Crippen LogP contribution >= 0.6 is 0 Å². The smallest absolute Gasteiger partial charge is 0.122 e. The number of nitrogens with zero attached hydrogens (tertiary/aromatic N) is 2. The van der Waals surface area contributed by atoms with Crippen LogP contribution in [0.1, 0.15) is 53.4 Å². The molecule has 1 aliphatic heterocycles. The lowest BCUT2D eigenvalue weighted by Crippen LogP contribution is -2.59. The van der Waals surface area contributed by atoms with Gasteiger partial charge in [0, 0.05) is 18.6 Å². The highest BCUT2D eigenvalue weighted by atomic mass is 15.2. The lowest BCUT2D eigenvalue weighted by Gasteiger charge is -2.43. The molecular weight excluding hydrogens is 234 g/mol. The number of rotatable bonds is 5. The van der Waals surface area contributed by atoms with Gasteiger partial charge in [-0.15, -0.1) is 0 Å². The third-order valence-corrected chi connectivity index (χ3v) is 4.98. The lowest BCUT2D eigenvalue weighted by atomic mass is 9.87. The summed E-state index contributed by atoms with van der Waals surface area (Å²) in [6.07, 6.45) is 5.04. The molecule has 2 rings (SSSR count). The fourth-order valence-electron chi connectivity index (χ4n) is 3.51. The maximum atomic E-state index is 9.78. The van der Waals surface area contributed by atoms with Gasteiger partial charge in [-0.1, -0.05) is 6.92 Å². The lowest BCUT2D eigenvalue weighted by molar-refractivity contribution is 0.0816. The van der Waals surface area contributed by atoms with Crippen molar-refractivity contribution >= 4 is 0 Å². The number of nitriles is 1. The van der Waals surface area contributed by atoms with Crippen LogP contribution in [0.2, 0.25) is 0 Å². The van der Waals surface area contributed by atoms with E-state index in [4.69, 9.17) is 0 Å². The highest BCUT2D eigenvalue weighted by Gasteiger charge is 2.47. The van der Waals surface area contributed by atoms with Crippen LogP contribution in [0.15, 0.2) is 0 Å². The van der Waals surface area contributed by atoms with Crippen LogP contribution in [0.25, 0.3) is 0 Å². The molecule has 1 saturated heterocycles. The molecule has 0 spiro atoms. The second-order valence-corrected chi connectivity index (χ2v) is 6.99. The van der Waals surface area contributed by atoms with Crippen molar-refractivity contribution in [2.45, 2.75) is 71.0 Å². The Hall–Kier alpha value is -0.590. The van der Waals surface area contributed by atoms with Crippen molar-refractivity contribution in [3.8, 4) is 6.07 Å². The van der Waals surface area contributed by atoms with E-state index in [0.29, 0.717) is 18.0 Å². The minimum atomic E-state index is -0.320. The minimum absolute atomic E-state index is 0.320. The summed E-state index contributed by atoms with van der Waals surface area (Å²) in [5.74, 6) is 1.31. The Morgan fingerprint density at radius 1 is 1.32 bits per heavy atom. The van der Waals surface area contributed by atoms with Crippen molar-refractivity contribution in [3.63, 3.8) is 0 Å². The molecule has 1 heterocycles.